The Bertz CT molecular complexity index is 335. The first-order chi connectivity index (χ1) is 8.01. The molecule has 1 aromatic carbocycles. The van der Waals surface area contributed by atoms with Crippen LogP contribution in [0.5, 0.6) is 0 Å². The fourth-order valence-corrected chi connectivity index (χ4v) is 2.02. The third-order valence-corrected chi connectivity index (χ3v) is 2.55. The summed E-state index contributed by atoms with van der Waals surface area (Å²) in [4.78, 5) is 2.07. The van der Waals surface area contributed by atoms with Crippen molar-refractivity contribution >= 4 is 0 Å². The van der Waals surface area contributed by atoms with Crippen LogP contribution in [0.1, 0.15) is 12.5 Å². The van der Waals surface area contributed by atoms with E-state index < -0.39 is 11.6 Å². The summed E-state index contributed by atoms with van der Waals surface area (Å²) in [6.45, 7) is 4.52. The molecule has 0 radical (unpaired) electrons. The zero-order valence-electron chi connectivity index (χ0n) is 10.6. The lowest BCUT2D eigenvalue weighted by Gasteiger charge is -2.21. The van der Waals surface area contributed by atoms with Crippen molar-refractivity contribution in [3.8, 4) is 0 Å². The zero-order valence-corrected chi connectivity index (χ0v) is 10.6. The molecule has 17 heavy (non-hydrogen) atoms. The quantitative estimate of drug-likeness (QED) is 0.823. The maximum absolute atomic E-state index is 13.0. The van der Waals surface area contributed by atoms with Gasteiger partial charge in [0.15, 0.2) is 0 Å². The molecule has 0 aromatic heterocycles. The first-order valence-electron chi connectivity index (χ1n) is 5.79. The normalized spacial score (nSPS) is 13.1. The number of nitrogens with one attached hydrogen (secondary N) is 1. The van der Waals surface area contributed by atoms with Crippen molar-refractivity contribution in [1.29, 1.82) is 0 Å². The Labute approximate surface area is 102 Å². The fraction of sp³-hybridized carbons (Fsp3) is 0.538. The molecule has 0 fully saturated rings. The Hall–Kier alpha value is -1.00. The largest absolute Gasteiger partial charge is 0.319 e. The molecular formula is C13H20F2N2. The van der Waals surface area contributed by atoms with Crippen LogP contribution in [0.2, 0.25) is 0 Å². The summed E-state index contributed by atoms with van der Waals surface area (Å²) in [5, 5.41) is 3.11. The molecule has 1 atom stereocenters. The van der Waals surface area contributed by atoms with E-state index >= 15 is 0 Å². The van der Waals surface area contributed by atoms with Crippen LogP contribution in [0.15, 0.2) is 18.2 Å². The van der Waals surface area contributed by atoms with Crippen LogP contribution in [-0.2, 0) is 6.54 Å². The van der Waals surface area contributed by atoms with Gasteiger partial charge in [-0.1, -0.05) is 6.92 Å². The SMILES string of the molecule is CNCC(C)CN(C)Cc1cc(F)cc(F)c1. The Morgan fingerprint density at radius 3 is 2.35 bits per heavy atom. The summed E-state index contributed by atoms with van der Waals surface area (Å²) in [7, 11) is 3.87. The molecule has 0 aliphatic heterocycles. The first-order valence-corrected chi connectivity index (χ1v) is 5.79. The van der Waals surface area contributed by atoms with Gasteiger partial charge in [0.1, 0.15) is 11.6 Å². The average molecular weight is 242 g/mol. The molecule has 0 saturated heterocycles. The number of hydrogen-bond acceptors (Lipinski definition) is 2. The van der Waals surface area contributed by atoms with E-state index in [0.29, 0.717) is 18.0 Å². The Kier molecular flexibility index (Phi) is 5.51. The van der Waals surface area contributed by atoms with E-state index in [1.165, 1.54) is 12.1 Å². The minimum Gasteiger partial charge on any atom is -0.319 e. The lowest BCUT2D eigenvalue weighted by Crippen LogP contribution is -2.29. The van der Waals surface area contributed by atoms with Crippen molar-refractivity contribution in [1.82, 2.24) is 10.2 Å². The molecule has 0 aliphatic carbocycles. The van der Waals surface area contributed by atoms with Crippen LogP contribution in [0.25, 0.3) is 0 Å². The minimum atomic E-state index is -0.517. The van der Waals surface area contributed by atoms with Crippen LogP contribution in [0.4, 0.5) is 8.78 Å². The average Bonchev–Trinajstić information content (AvgIpc) is 2.14. The second-order valence-electron chi connectivity index (χ2n) is 4.64. The Morgan fingerprint density at radius 2 is 1.82 bits per heavy atom. The third-order valence-electron chi connectivity index (χ3n) is 2.55. The molecule has 0 saturated carbocycles. The van der Waals surface area contributed by atoms with E-state index in [0.717, 1.165) is 19.2 Å². The van der Waals surface area contributed by atoms with Crippen LogP contribution >= 0.6 is 0 Å². The van der Waals surface area contributed by atoms with Gasteiger partial charge in [0.05, 0.1) is 0 Å². The van der Waals surface area contributed by atoms with Gasteiger partial charge in [-0.15, -0.1) is 0 Å². The fourth-order valence-electron chi connectivity index (χ4n) is 2.02. The second kappa shape index (κ2) is 6.67. The number of nitrogens with zero attached hydrogens (tertiary/aromatic N) is 1. The molecule has 0 amide bonds. The molecule has 0 aliphatic rings. The van der Waals surface area contributed by atoms with Crippen LogP contribution in [0.3, 0.4) is 0 Å². The van der Waals surface area contributed by atoms with Crippen molar-refractivity contribution in [2.45, 2.75) is 13.5 Å². The van der Waals surface area contributed by atoms with Crippen molar-refractivity contribution in [2.24, 2.45) is 5.92 Å². The monoisotopic (exact) mass is 242 g/mol. The summed E-state index contributed by atoms with van der Waals surface area (Å²) in [5.74, 6) is -0.531. The summed E-state index contributed by atoms with van der Waals surface area (Å²) in [6.07, 6.45) is 0. The summed E-state index contributed by atoms with van der Waals surface area (Å²) in [6, 6.07) is 3.65. The first kappa shape index (κ1) is 14.1. The molecule has 0 spiro atoms. The highest BCUT2D eigenvalue weighted by molar-refractivity contribution is 5.17. The second-order valence-corrected chi connectivity index (χ2v) is 4.64. The van der Waals surface area contributed by atoms with Crippen LogP contribution in [-0.4, -0.2) is 32.1 Å². The van der Waals surface area contributed by atoms with Gasteiger partial charge < -0.3 is 10.2 Å². The highest BCUT2D eigenvalue weighted by Crippen LogP contribution is 2.10. The Balaban J connectivity index is 2.52. The highest BCUT2D eigenvalue weighted by Gasteiger charge is 2.07. The molecule has 0 heterocycles. The third kappa shape index (κ3) is 5.24. The standard InChI is InChI=1S/C13H20F2N2/c1-10(7-16-2)8-17(3)9-11-4-12(14)6-13(15)5-11/h4-6,10,16H,7-9H2,1-3H3. The van der Waals surface area contributed by atoms with E-state index in [-0.39, 0.29) is 0 Å². The smallest absolute Gasteiger partial charge is 0.126 e. The molecule has 1 aromatic rings. The number of halogens is 2. The maximum Gasteiger partial charge on any atom is 0.126 e. The molecule has 2 nitrogen and oxygen atoms in total. The topological polar surface area (TPSA) is 15.3 Å². The molecule has 1 N–H and O–H groups in total. The van der Waals surface area contributed by atoms with Gasteiger partial charge in [-0.2, -0.15) is 0 Å². The molecule has 1 rings (SSSR count). The predicted octanol–water partition coefficient (Wildman–Crippen LogP) is 2.25. The van der Waals surface area contributed by atoms with Crippen molar-refractivity contribution in [2.75, 3.05) is 27.2 Å². The van der Waals surface area contributed by atoms with E-state index in [2.05, 4.69) is 17.1 Å². The molecule has 0 bridgehead atoms. The van der Waals surface area contributed by atoms with E-state index in [4.69, 9.17) is 0 Å². The van der Waals surface area contributed by atoms with Gasteiger partial charge in [0.2, 0.25) is 0 Å². The molecule has 96 valence electrons. The lowest BCUT2D eigenvalue weighted by atomic mass is 10.1. The minimum absolute atomic E-state index is 0.503. The van der Waals surface area contributed by atoms with Gasteiger partial charge in [0, 0.05) is 19.2 Å². The summed E-state index contributed by atoms with van der Waals surface area (Å²) in [5.41, 5.74) is 0.668. The maximum atomic E-state index is 13.0. The van der Waals surface area contributed by atoms with Crippen molar-refractivity contribution in [3.63, 3.8) is 0 Å². The highest BCUT2D eigenvalue weighted by atomic mass is 19.1. The zero-order chi connectivity index (χ0) is 12.8. The van der Waals surface area contributed by atoms with E-state index in [9.17, 15) is 8.78 Å². The Morgan fingerprint density at radius 1 is 1.24 bits per heavy atom. The van der Waals surface area contributed by atoms with Crippen molar-refractivity contribution < 1.29 is 8.78 Å². The van der Waals surface area contributed by atoms with Gasteiger partial charge >= 0.3 is 0 Å². The number of rotatable bonds is 6. The number of hydrogen-bond donors (Lipinski definition) is 1. The van der Waals surface area contributed by atoms with E-state index in [1.54, 1.807) is 0 Å². The van der Waals surface area contributed by atoms with Gasteiger partial charge in [-0.05, 0) is 44.3 Å². The molecular weight excluding hydrogens is 222 g/mol. The summed E-state index contributed by atoms with van der Waals surface area (Å²) >= 11 is 0. The molecule has 1 unspecified atom stereocenters. The van der Waals surface area contributed by atoms with Crippen LogP contribution in [0, 0.1) is 17.6 Å². The van der Waals surface area contributed by atoms with Gasteiger partial charge in [0.25, 0.3) is 0 Å². The predicted molar refractivity (Wildman–Crippen MR) is 65.8 cm³/mol. The van der Waals surface area contributed by atoms with Crippen molar-refractivity contribution in [3.05, 3.63) is 35.4 Å². The lowest BCUT2D eigenvalue weighted by molar-refractivity contribution is 0.275. The van der Waals surface area contributed by atoms with Crippen LogP contribution < -0.4 is 5.32 Å². The van der Waals surface area contributed by atoms with Gasteiger partial charge in [-0.3, -0.25) is 0 Å². The number of benzene rings is 1. The van der Waals surface area contributed by atoms with Gasteiger partial charge in [-0.25, -0.2) is 8.78 Å². The van der Waals surface area contributed by atoms with E-state index in [1.807, 2.05) is 14.1 Å². The summed E-state index contributed by atoms with van der Waals surface area (Å²) < 4.78 is 26.0. The molecule has 4 heteroatoms.